The SMILES string of the molecule is CCCCOc1cccc(/C(O)=C2\C(=O)C(=O)N(CCN(CC)CC)C2c2ccc([N+](=O)[O-])cc2)c1. The highest BCUT2D eigenvalue weighted by Crippen LogP contribution is 2.40. The molecule has 1 amide bonds. The fourth-order valence-electron chi connectivity index (χ4n) is 4.25. The van der Waals surface area contributed by atoms with Crippen molar-refractivity contribution in [3.63, 3.8) is 0 Å². The van der Waals surface area contributed by atoms with Crippen molar-refractivity contribution < 1.29 is 24.4 Å². The molecule has 0 aliphatic carbocycles. The standard InChI is InChI=1S/C27H33N3O6/c1-4-7-17-36-22-10-8-9-20(18-22)25(31)23-24(19-11-13-21(14-12-19)30(34)35)29(27(33)26(23)32)16-15-28(5-2)6-3/h8-14,18,24,31H,4-7,15-17H2,1-3H3/b25-23+. The van der Waals surface area contributed by atoms with Gasteiger partial charge < -0.3 is 19.6 Å². The Hall–Kier alpha value is -3.72. The highest BCUT2D eigenvalue weighted by Gasteiger charge is 2.46. The van der Waals surface area contributed by atoms with Crippen LogP contribution in [0.3, 0.4) is 0 Å². The summed E-state index contributed by atoms with van der Waals surface area (Å²) >= 11 is 0. The third kappa shape index (κ3) is 5.91. The van der Waals surface area contributed by atoms with Crippen LogP contribution in [0.4, 0.5) is 5.69 Å². The Morgan fingerprint density at radius 1 is 1.11 bits per heavy atom. The van der Waals surface area contributed by atoms with Gasteiger partial charge in [-0.15, -0.1) is 0 Å². The number of carbonyl (C=O) groups excluding carboxylic acids is 2. The summed E-state index contributed by atoms with van der Waals surface area (Å²) < 4.78 is 5.74. The molecule has 0 aromatic heterocycles. The molecule has 0 spiro atoms. The zero-order valence-electron chi connectivity index (χ0n) is 21.0. The van der Waals surface area contributed by atoms with Gasteiger partial charge in [-0.05, 0) is 49.3 Å². The van der Waals surface area contributed by atoms with Gasteiger partial charge in [-0.3, -0.25) is 19.7 Å². The fourth-order valence-corrected chi connectivity index (χ4v) is 4.25. The van der Waals surface area contributed by atoms with Gasteiger partial charge >= 0.3 is 0 Å². The largest absolute Gasteiger partial charge is 0.507 e. The first-order valence-electron chi connectivity index (χ1n) is 12.3. The molecule has 36 heavy (non-hydrogen) atoms. The molecule has 1 atom stereocenters. The molecule has 2 aromatic carbocycles. The normalized spacial score (nSPS) is 17.1. The number of nitro groups is 1. The lowest BCUT2D eigenvalue weighted by Crippen LogP contribution is -2.38. The molecule has 9 nitrogen and oxygen atoms in total. The molecule has 9 heteroatoms. The Morgan fingerprint density at radius 3 is 2.42 bits per heavy atom. The summed E-state index contributed by atoms with van der Waals surface area (Å²) in [5.74, 6) is -1.24. The number of aliphatic hydroxyl groups is 1. The lowest BCUT2D eigenvalue weighted by molar-refractivity contribution is -0.384. The Morgan fingerprint density at radius 2 is 1.81 bits per heavy atom. The number of nitro benzene ring substituents is 1. The lowest BCUT2D eigenvalue weighted by atomic mass is 9.95. The Kier molecular flexibility index (Phi) is 9.19. The van der Waals surface area contributed by atoms with Crippen LogP contribution in [-0.4, -0.2) is 64.3 Å². The summed E-state index contributed by atoms with van der Waals surface area (Å²) in [5.41, 5.74) is 0.726. The van der Waals surface area contributed by atoms with Crippen molar-refractivity contribution in [1.29, 1.82) is 0 Å². The van der Waals surface area contributed by atoms with E-state index in [1.165, 1.54) is 29.2 Å². The minimum absolute atomic E-state index is 0.0425. The summed E-state index contributed by atoms with van der Waals surface area (Å²) in [6.07, 6.45) is 1.86. The summed E-state index contributed by atoms with van der Waals surface area (Å²) in [5, 5.41) is 22.4. The van der Waals surface area contributed by atoms with Crippen molar-refractivity contribution in [2.24, 2.45) is 0 Å². The van der Waals surface area contributed by atoms with Crippen LogP contribution in [-0.2, 0) is 9.59 Å². The number of ketones is 1. The average Bonchev–Trinajstić information content (AvgIpc) is 3.14. The quantitative estimate of drug-likeness (QED) is 0.115. The lowest BCUT2D eigenvalue weighted by Gasteiger charge is -2.28. The minimum Gasteiger partial charge on any atom is -0.507 e. The molecule has 1 fully saturated rings. The van der Waals surface area contributed by atoms with E-state index in [-0.39, 0.29) is 23.6 Å². The number of Topliss-reactive ketones (excluding diaryl/α,β-unsaturated/α-hetero) is 1. The third-order valence-electron chi connectivity index (χ3n) is 6.39. The second kappa shape index (κ2) is 12.3. The number of amides is 1. The number of non-ortho nitro benzene ring substituents is 1. The Bertz CT molecular complexity index is 1120. The van der Waals surface area contributed by atoms with Crippen molar-refractivity contribution in [1.82, 2.24) is 9.80 Å². The first-order valence-corrected chi connectivity index (χ1v) is 12.3. The van der Waals surface area contributed by atoms with E-state index in [4.69, 9.17) is 4.74 Å². The number of hydrogen-bond acceptors (Lipinski definition) is 7. The number of likely N-dealkylation sites (tertiary alicyclic amines) is 1. The van der Waals surface area contributed by atoms with Crippen molar-refractivity contribution in [2.45, 2.75) is 39.7 Å². The van der Waals surface area contributed by atoms with Crippen LogP contribution < -0.4 is 4.74 Å². The number of nitrogens with zero attached hydrogens (tertiary/aromatic N) is 3. The number of carbonyl (C=O) groups is 2. The number of ether oxygens (including phenoxy) is 1. The predicted molar refractivity (Wildman–Crippen MR) is 137 cm³/mol. The van der Waals surface area contributed by atoms with E-state index >= 15 is 0 Å². The zero-order valence-corrected chi connectivity index (χ0v) is 21.0. The van der Waals surface area contributed by atoms with E-state index < -0.39 is 22.7 Å². The summed E-state index contributed by atoms with van der Waals surface area (Å²) in [6.45, 7) is 9.00. The molecular formula is C27H33N3O6. The molecule has 3 rings (SSSR count). The van der Waals surface area contributed by atoms with Crippen LogP contribution in [0.15, 0.2) is 54.1 Å². The summed E-state index contributed by atoms with van der Waals surface area (Å²) in [7, 11) is 0. The maximum absolute atomic E-state index is 13.2. The third-order valence-corrected chi connectivity index (χ3v) is 6.39. The molecule has 0 radical (unpaired) electrons. The zero-order chi connectivity index (χ0) is 26.2. The molecule has 1 heterocycles. The van der Waals surface area contributed by atoms with Gasteiger partial charge in [-0.25, -0.2) is 0 Å². The number of benzene rings is 2. The van der Waals surface area contributed by atoms with Gasteiger partial charge in [0.05, 0.1) is 23.1 Å². The Labute approximate surface area is 211 Å². The first kappa shape index (κ1) is 26.9. The van der Waals surface area contributed by atoms with Crippen molar-refractivity contribution in [3.05, 3.63) is 75.3 Å². The van der Waals surface area contributed by atoms with Gasteiger partial charge in [0, 0.05) is 30.8 Å². The molecule has 2 aromatic rings. The summed E-state index contributed by atoms with van der Waals surface area (Å²) in [6, 6.07) is 11.6. The second-order valence-corrected chi connectivity index (χ2v) is 8.60. The van der Waals surface area contributed by atoms with Gasteiger partial charge in [0.2, 0.25) is 0 Å². The number of hydrogen-bond donors (Lipinski definition) is 1. The minimum atomic E-state index is -0.869. The van der Waals surface area contributed by atoms with Crippen molar-refractivity contribution in [2.75, 3.05) is 32.8 Å². The van der Waals surface area contributed by atoms with E-state index in [1.54, 1.807) is 24.3 Å². The summed E-state index contributed by atoms with van der Waals surface area (Å²) in [4.78, 5) is 40.5. The average molecular weight is 496 g/mol. The monoisotopic (exact) mass is 495 g/mol. The molecule has 1 N–H and O–H groups in total. The molecule has 1 unspecified atom stereocenters. The van der Waals surface area contributed by atoms with Gasteiger partial charge in [0.1, 0.15) is 11.5 Å². The number of unbranched alkanes of at least 4 members (excludes halogenated alkanes) is 1. The maximum Gasteiger partial charge on any atom is 0.295 e. The van der Waals surface area contributed by atoms with Crippen LogP contribution in [0, 0.1) is 10.1 Å². The second-order valence-electron chi connectivity index (χ2n) is 8.60. The molecule has 192 valence electrons. The molecule has 0 bridgehead atoms. The van der Waals surface area contributed by atoms with Crippen LogP contribution in [0.5, 0.6) is 5.75 Å². The fraction of sp³-hybridized carbons (Fsp3) is 0.407. The number of likely N-dealkylation sites (N-methyl/N-ethyl adjacent to an activating group) is 1. The van der Waals surface area contributed by atoms with E-state index in [9.17, 15) is 24.8 Å². The van der Waals surface area contributed by atoms with Gasteiger partial charge in [0.15, 0.2) is 0 Å². The van der Waals surface area contributed by atoms with Crippen LogP contribution >= 0.6 is 0 Å². The molecule has 1 saturated heterocycles. The maximum atomic E-state index is 13.2. The molecule has 0 saturated carbocycles. The number of aliphatic hydroxyl groups excluding tert-OH is 1. The number of rotatable bonds is 12. The molecular weight excluding hydrogens is 462 g/mol. The van der Waals surface area contributed by atoms with E-state index in [1.807, 2.05) is 13.8 Å². The first-order chi connectivity index (χ1) is 17.3. The van der Waals surface area contributed by atoms with Crippen LogP contribution in [0.25, 0.3) is 5.76 Å². The Balaban J connectivity index is 2.06. The predicted octanol–water partition coefficient (Wildman–Crippen LogP) is 4.54. The van der Waals surface area contributed by atoms with Gasteiger partial charge in [-0.1, -0.05) is 39.3 Å². The highest BCUT2D eigenvalue weighted by atomic mass is 16.6. The van der Waals surface area contributed by atoms with Gasteiger partial charge in [-0.2, -0.15) is 0 Å². The van der Waals surface area contributed by atoms with E-state index in [0.717, 1.165) is 25.9 Å². The molecule has 1 aliphatic heterocycles. The van der Waals surface area contributed by atoms with E-state index in [0.29, 0.717) is 30.0 Å². The topological polar surface area (TPSA) is 113 Å². The van der Waals surface area contributed by atoms with Gasteiger partial charge in [0.25, 0.3) is 17.4 Å². The van der Waals surface area contributed by atoms with Crippen molar-refractivity contribution >= 4 is 23.1 Å². The van der Waals surface area contributed by atoms with Crippen LogP contribution in [0.1, 0.15) is 50.8 Å². The van der Waals surface area contributed by atoms with E-state index in [2.05, 4.69) is 11.8 Å². The molecule has 1 aliphatic rings. The van der Waals surface area contributed by atoms with Crippen LogP contribution in [0.2, 0.25) is 0 Å². The smallest absolute Gasteiger partial charge is 0.295 e. The highest BCUT2D eigenvalue weighted by molar-refractivity contribution is 6.46. The van der Waals surface area contributed by atoms with Crippen molar-refractivity contribution in [3.8, 4) is 5.75 Å².